The van der Waals surface area contributed by atoms with E-state index in [-0.39, 0.29) is 6.54 Å². The lowest BCUT2D eigenvalue weighted by atomic mass is 10.3. The van der Waals surface area contributed by atoms with Crippen molar-refractivity contribution in [3.63, 3.8) is 0 Å². The molecular weight excluding hydrogens is 250 g/mol. The van der Waals surface area contributed by atoms with Crippen LogP contribution in [-0.2, 0) is 13.6 Å². The Kier molecular flexibility index (Phi) is 3.00. The molecule has 2 rings (SSSR count). The molecule has 2 aromatic heterocycles. The van der Waals surface area contributed by atoms with E-state index in [1.807, 2.05) is 0 Å². The van der Waals surface area contributed by atoms with Crippen LogP contribution in [0.2, 0.25) is 0 Å². The van der Waals surface area contributed by atoms with Gasteiger partial charge in [0.25, 0.3) is 6.43 Å². The van der Waals surface area contributed by atoms with Gasteiger partial charge < -0.3 is 5.11 Å². The molecule has 0 aliphatic heterocycles. The van der Waals surface area contributed by atoms with E-state index < -0.39 is 23.8 Å². The van der Waals surface area contributed by atoms with E-state index in [4.69, 9.17) is 5.11 Å². The summed E-state index contributed by atoms with van der Waals surface area (Å²) in [7, 11) is 1.58. The molecule has 96 valence electrons. The standard InChI is InChI=1S/C8H8F2N6O2/c1-15-4(11-3-12-15)2-16-6(7(9)10)5(8(17)18)13-14-16/h3,7H,2H2,1H3,(H,17,18). The summed E-state index contributed by atoms with van der Waals surface area (Å²) >= 11 is 0. The van der Waals surface area contributed by atoms with Gasteiger partial charge in [-0.05, 0) is 0 Å². The Morgan fingerprint density at radius 1 is 1.56 bits per heavy atom. The summed E-state index contributed by atoms with van der Waals surface area (Å²) in [5.41, 5.74) is -1.50. The summed E-state index contributed by atoms with van der Waals surface area (Å²) in [6, 6.07) is 0. The molecule has 10 heteroatoms. The molecule has 2 aromatic rings. The number of hydrogen-bond acceptors (Lipinski definition) is 5. The zero-order chi connectivity index (χ0) is 13.3. The Morgan fingerprint density at radius 3 is 2.78 bits per heavy atom. The number of aromatic nitrogens is 6. The first-order valence-corrected chi connectivity index (χ1v) is 4.78. The predicted octanol–water partition coefficient (Wildman–Crippen LogP) is 0.0907. The lowest BCUT2D eigenvalue weighted by molar-refractivity contribution is 0.0675. The molecule has 0 bridgehead atoms. The van der Waals surface area contributed by atoms with E-state index in [1.165, 1.54) is 11.0 Å². The Balaban J connectivity index is 2.40. The number of nitrogens with zero attached hydrogens (tertiary/aromatic N) is 6. The SMILES string of the molecule is Cn1ncnc1Cn1nnc(C(=O)O)c1C(F)F. The van der Waals surface area contributed by atoms with Crippen LogP contribution in [0, 0.1) is 0 Å². The van der Waals surface area contributed by atoms with Crippen molar-refractivity contribution < 1.29 is 18.7 Å². The first-order chi connectivity index (χ1) is 8.50. The van der Waals surface area contributed by atoms with E-state index in [1.54, 1.807) is 7.05 Å². The lowest BCUT2D eigenvalue weighted by Gasteiger charge is -2.05. The summed E-state index contributed by atoms with van der Waals surface area (Å²) in [6.07, 6.45) is -1.73. The second-order valence-electron chi connectivity index (χ2n) is 3.39. The van der Waals surface area contributed by atoms with Gasteiger partial charge >= 0.3 is 5.97 Å². The fraction of sp³-hybridized carbons (Fsp3) is 0.375. The molecule has 1 N–H and O–H groups in total. The van der Waals surface area contributed by atoms with Crippen LogP contribution >= 0.6 is 0 Å². The molecule has 8 nitrogen and oxygen atoms in total. The van der Waals surface area contributed by atoms with Gasteiger partial charge in [-0.25, -0.2) is 23.2 Å². The minimum Gasteiger partial charge on any atom is -0.476 e. The van der Waals surface area contributed by atoms with Gasteiger partial charge in [0.15, 0.2) is 5.69 Å². The lowest BCUT2D eigenvalue weighted by Crippen LogP contribution is -2.13. The molecular formula is C8H8F2N6O2. The van der Waals surface area contributed by atoms with Gasteiger partial charge in [-0.2, -0.15) is 5.10 Å². The fourth-order valence-corrected chi connectivity index (χ4v) is 1.40. The van der Waals surface area contributed by atoms with Crippen molar-refractivity contribution >= 4 is 5.97 Å². The normalized spacial score (nSPS) is 11.1. The highest BCUT2D eigenvalue weighted by Gasteiger charge is 2.26. The minimum atomic E-state index is -2.99. The summed E-state index contributed by atoms with van der Waals surface area (Å²) in [6.45, 7) is -0.129. The summed E-state index contributed by atoms with van der Waals surface area (Å²) in [5.74, 6) is -1.19. The second-order valence-corrected chi connectivity index (χ2v) is 3.39. The summed E-state index contributed by atoms with van der Waals surface area (Å²) < 4.78 is 27.8. The number of hydrogen-bond donors (Lipinski definition) is 1. The summed E-state index contributed by atoms with van der Waals surface area (Å²) in [4.78, 5) is 14.6. The van der Waals surface area contributed by atoms with Crippen molar-refractivity contribution in [2.45, 2.75) is 13.0 Å². The number of carboxylic acid groups (broad SMARTS) is 1. The van der Waals surface area contributed by atoms with Gasteiger partial charge in [0, 0.05) is 7.05 Å². The second kappa shape index (κ2) is 4.47. The predicted molar refractivity (Wildman–Crippen MR) is 52.0 cm³/mol. The van der Waals surface area contributed by atoms with Gasteiger partial charge in [0.1, 0.15) is 24.4 Å². The van der Waals surface area contributed by atoms with Gasteiger partial charge in [0.2, 0.25) is 0 Å². The maximum Gasteiger partial charge on any atom is 0.358 e. The van der Waals surface area contributed by atoms with Crippen molar-refractivity contribution in [2.24, 2.45) is 7.05 Å². The van der Waals surface area contributed by atoms with Crippen molar-refractivity contribution in [1.82, 2.24) is 29.8 Å². The monoisotopic (exact) mass is 258 g/mol. The molecule has 0 aliphatic rings. The van der Waals surface area contributed by atoms with Crippen LogP contribution in [0.15, 0.2) is 6.33 Å². The number of aromatic carboxylic acids is 1. The van der Waals surface area contributed by atoms with E-state index in [0.29, 0.717) is 5.82 Å². The molecule has 0 spiro atoms. The number of aryl methyl sites for hydroxylation is 1. The maximum absolute atomic E-state index is 12.8. The third-order valence-corrected chi connectivity index (χ3v) is 2.28. The zero-order valence-corrected chi connectivity index (χ0v) is 9.16. The van der Waals surface area contributed by atoms with E-state index in [2.05, 4.69) is 20.4 Å². The first kappa shape index (κ1) is 12.1. The number of rotatable bonds is 4. The van der Waals surface area contributed by atoms with Crippen LogP contribution in [-0.4, -0.2) is 40.8 Å². The molecule has 0 saturated heterocycles. The van der Waals surface area contributed by atoms with Gasteiger partial charge in [-0.15, -0.1) is 5.10 Å². The highest BCUT2D eigenvalue weighted by Crippen LogP contribution is 2.21. The maximum atomic E-state index is 12.8. The summed E-state index contributed by atoms with van der Waals surface area (Å²) in [5, 5.41) is 19.1. The highest BCUT2D eigenvalue weighted by molar-refractivity contribution is 5.86. The molecule has 0 aliphatic carbocycles. The molecule has 0 saturated carbocycles. The largest absolute Gasteiger partial charge is 0.476 e. The average molecular weight is 258 g/mol. The van der Waals surface area contributed by atoms with Gasteiger partial charge in [0.05, 0.1) is 0 Å². The van der Waals surface area contributed by atoms with Gasteiger partial charge in [-0.3, -0.25) is 4.68 Å². The molecule has 0 unspecified atom stereocenters. The van der Waals surface area contributed by atoms with Crippen LogP contribution in [0.4, 0.5) is 8.78 Å². The van der Waals surface area contributed by atoms with Crippen LogP contribution < -0.4 is 0 Å². The minimum absolute atomic E-state index is 0.129. The Labute approximate surface area is 98.9 Å². The van der Waals surface area contributed by atoms with Crippen molar-refractivity contribution in [3.05, 3.63) is 23.5 Å². The van der Waals surface area contributed by atoms with Crippen molar-refractivity contribution in [3.8, 4) is 0 Å². The number of carbonyl (C=O) groups is 1. The molecule has 0 atom stereocenters. The Hall–Kier alpha value is -2.39. The Morgan fingerprint density at radius 2 is 2.28 bits per heavy atom. The number of halogens is 2. The molecule has 0 amide bonds. The van der Waals surface area contributed by atoms with Crippen LogP contribution in [0.3, 0.4) is 0 Å². The smallest absolute Gasteiger partial charge is 0.358 e. The third kappa shape index (κ3) is 2.04. The highest BCUT2D eigenvalue weighted by atomic mass is 19.3. The van der Waals surface area contributed by atoms with E-state index >= 15 is 0 Å². The molecule has 2 heterocycles. The molecule has 18 heavy (non-hydrogen) atoms. The van der Waals surface area contributed by atoms with E-state index in [9.17, 15) is 13.6 Å². The number of carboxylic acids is 1. The van der Waals surface area contributed by atoms with Crippen LogP contribution in [0.5, 0.6) is 0 Å². The van der Waals surface area contributed by atoms with Crippen molar-refractivity contribution in [1.29, 1.82) is 0 Å². The topological polar surface area (TPSA) is 98.7 Å². The quantitative estimate of drug-likeness (QED) is 0.834. The number of alkyl halides is 2. The fourth-order valence-electron chi connectivity index (χ4n) is 1.40. The van der Waals surface area contributed by atoms with Crippen LogP contribution in [0.1, 0.15) is 28.4 Å². The van der Waals surface area contributed by atoms with Crippen molar-refractivity contribution in [2.75, 3.05) is 0 Å². The molecule has 0 aromatic carbocycles. The zero-order valence-electron chi connectivity index (χ0n) is 9.16. The van der Waals surface area contributed by atoms with E-state index in [0.717, 1.165) is 4.68 Å². The third-order valence-electron chi connectivity index (χ3n) is 2.28. The van der Waals surface area contributed by atoms with Gasteiger partial charge in [-0.1, -0.05) is 5.21 Å². The molecule has 0 radical (unpaired) electrons. The molecule has 0 fully saturated rings. The van der Waals surface area contributed by atoms with Crippen LogP contribution in [0.25, 0.3) is 0 Å². The average Bonchev–Trinajstić information content (AvgIpc) is 2.86. The Bertz CT molecular complexity index is 578. The first-order valence-electron chi connectivity index (χ1n) is 4.78.